The SMILES string of the molecule is COc1ccc(CCNC(=O)c2cccc(C(=O)N(C)c3ccccc3)n2)cc1. The number of anilines is 1. The highest BCUT2D eigenvalue weighted by atomic mass is 16.5. The van der Waals surface area contributed by atoms with Crippen LogP contribution in [0.25, 0.3) is 0 Å². The number of pyridine rings is 1. The summed E-state index contributed by atoms with van der Waals surface area (Å²) in [6.07, 6.45) is 0.686. The standard InChI is InChI=1S/C23H23N3O3/c1-26(18-7-4-3-5-8-18)23(28)21-10-6-9-20(25-21)22(27)24-16-15-17-11-13-19(29-2)14-12-17/h3-14H,15-16H2,1-2H3,(H,24,27). The van der Waals surface area contributed by atoms with Crippen molar-refractivity contribution in [3.05, 3.63) is 89.7 Å². The Labute approximate surface area is 170 Å². The Morgan fingerprint density at radius 2 is 1.62 bits per heavy atom. The molecule has 0 atom stereocenters. The third-order valence-corrected chi connectivity index (χ3v) is 4.51. The van der Waals surface area contributed by atoms with Crippen LogP contribution in [0.2, 0.25) is 0 Å². The summed E-state index contributed by atoms with van der Waals surface area (Å²) in [6, 6.07) is 21.9. The van der Waals surface area contributed by atoms with E-state index in [-0.39, 0.29) is 23.2 Å². The van der Waals surface area contributed by atoms with Crippen molar-refractivity contribution in [1.29, 1.82) is 0 Å². The summed E-state index contributed by atoms with van der Waals surface area (Å²) in [7, 11) is 3.31. The van der Waals surface area contributed by atoms with Crippen LogP contribution in [0.5, 0.6) is 5.75 Å². The zero-order valence-electron chi connectivity index (χ0n) is 16.5. The summed E-state index contributed by atoms with van der Waals surface area (Å²) < 4.78 is 5.14. The highest BCUT2D eigenvalue weighted by Gasteiger charge is 2.16. The molecule has 0 saturated heterocycles. The second-order valence-corrected chi connectivity index (χ2v) is 6.46. The van der Waals surface area contributed by atoms with Gasteiger partial charge in [-0.05, 0) is 48.4 Å². The molecule has 0 fully saturated rings. The molecule has 6 heteroatoms. The minimum atomic E-state index is -0.310. The van der Waals surface area contributed by atoms with E-state index >= 15 is 0 Å². The van der Waals surface area contributed by atoms with Gasteiger partial charge in [-0.2, -0.15) is 0 Å². The number of rotatable bonds is 7. The lowest BCUT2D eigenvalue weighted by Gasteiger charge is -2.17. The fourth-order valence-corrected chi connectivity index (χ4v) is 2.82. The van der Waals surface area contributed by atoms with Crippen molar-refractivity contribution in [3.8, 4) is 5.75 Å². The van der Waals surface area contributed by atoms with Crippen molar-refractivity contribution in [1.82, 2.24) is 10.3 Å². The smallest absolute Gasteiger partial charge is 0.276 e. The van der Waals surface area contributed by atoms with Crippen LogP contribution in [0.3, 0.4) is 0 Å². The van der Waals surface area contributed by atoms with Crippen LogP contribution < -0.4 is 15.0 Å². The van der Waals surface area contributed by atoms with Crippen LogP contribution in [0, 0.1) is 0 Å². The molecule has 1 heterocycles. The average molecular weight is 389 g/mol. The summed E-state index contributed by atoms with van der Waals surface area (Å²) in [5, 5.41) is 2.85. The Morgan fingerprint density at radius 3 is 2.31 bits per heavy atom. The second kappa shape index (κ2) is 9.50. The quantitative estimate of drug-likeness (QED) is 0.673. The zero-order valence-corrected chi connectivity index (χ0v) is 16.5. The van der Waals surface area contributed by atoms with Crippen LogP contribution >= 0.6 is 0 Å². The van der Waals surface area contributed by atoms with E-state index in [0.717, 1.165) is 17.0 Å². The molecule has 6 nitrogen and oxygen atoms in total. The number of methoxy groups -OCH3 is 1. The van der Waals surface area contributed by atoms with E-state index in [1.54, 1.807) is 32.4 Å². The molecule has 1 N–H and O–H groups in total. The number of ether oxygens (including phenoxy) is 1. The molecule has 2 amide bonds. The van der Waals surface area contributed by atoms with Gasteiger partial charge in [-0.15, -0.1) is 0 Å². The maximum absolute atomic E-state index is 12.7. The molecule has 0 radical (unpaired) electrons. The fourth-order valence-electron chi connectivity index (χ4n) is 2.82. The summed E-state index contributed by atoms with van der Waals surface area (Å²) >= 11 is 0. The van der Waals surface area contributed by atoms with E-state index in [9.17, 15) is 9.59 Å². The normalized spacial score (nSPS) is 10.3. The van der Waals surface area contributed by atoms with E-state index < -0.39 is 0 Å². The molecule has 0 unspecified atom stereocenters. The Bertz CT molecular complexity index is 972. The maximum atomic E-state index is 12.7. The molecule has 3 aromatic rings. The number of amides is 2. The predicted octanol–water partition coefficient (Wildman–Crippen LogP) is 3.34. The van der Waals surface area contributed by atoms with E-state index in [1.807, 2.05) is 54.6 Å². The molecule has 29 heavy (non-hydrogen) atoms. The zero-order chi connectivity index (χ0) is 20.6. The Morgan fingerprint density at radius 1 is 0.931 bits per heavy atom. The number of hydrogen-bond donors (Lipinski definition) is 1. The van der Waals surface area contributed by atoms with Gasteiger partial charge in [0.1, 0.15) is 17.1 Å². The van der Waals surface area contributed by atoms with Gasteiger partial charge >= 0.3 is 0 Å². The topological polar surface area (TPSA) is 71.5 Å². The van der Waals surface area contributed by atoms with Gasteiger partial charge in [0.25, 0.3) is 11.8 Å². The lowest BCUT2D eigenvalue weighted by Crippen LogP contribution is -2.29. The number of para-hydroxylation sites is 1. The van der Waals surface area contributed by atoms with Gasteiger partial charge in [0, 0.05) is 19.3 Å². The van der Waals surface area contributed by atoms with E-state index in [2.05, 4.69) is 10.3 Å². The number of nitrogens with zero attached hydrogens (tertiary/aromatic N) is 2. The van der Waals surface area contributed by atoms with Gasteiger partial charge in [0.05, 0.1) is 7.11 Å². The summed E-state index contributed by atoms with van der Waals surface area (Å²) in [5.74, 6) is 0.212. The van der Waals surface area contributed by atoms with Gasteiger partial charge in [0.15, 0.2) is 0 Å². The highest BCUT2D eigenvalue weighted by molar-refractivity contribution is 6.05. The van der Waals surface area contributed by atoms with Gasteiger partial charge in [-0.25, -0.2) is 4.98 Å². The Hall–Kier alpha value is -3.67. The third-order valence-electron chi connectivity index (χ3n) is 4.51. The molecule has 0 saturated carbocycles. The molecule has 0 spiro atoms. The van der Waals surface area contributed by atoms with Crippen LogP contribution in [-0.2, 0) is 6.42 Å². The first-order valence-electron chi connectivity index (χ1n) is 9.30. The number of benzene rings is 2. The fraction of sp³-hybridized carbons (Fsp3) is 0.174. The van der Waals surface area contributed by atoms with Crippen molar-refractivity contribution < 1.29 is 14.3 Å². The summed E-state index contributed by atoms with van der Waals surface area (Å²) in [5.41, 5.74) is 2.28. The van der Waals surface area contributed by atoms with E-state index in [1.165, 1.54) is 4.90 Å². The number of nitrogens with one attached hydrogen (secondary N) is 1. The van der Waals surface area contributed by atoms with Crippen molar-refractivity contribution in [2.45, 2.75) is 6.42 Å². The van der Waals surface area contributed by atoms with Crippen LogP contribution in [0.1, 0.15) is 26.5 Å². The van der Waals surface area contributed by atoms with Crippen molar-refractivity contribution in [3.63, 3.8) is 0 Å². The number of hydrogen-bond acceptors (Lipinski definition) is 4. The van der Waals surface area contributed by atoms with Gasteiger partial charge in [-0.1, -0.05) is 36.4 Å². The largest absolute Gasteiger partial charge is 0.497 e. The molecular formula is C23H23N3O3. The minimum Gasteiger partial charge on any atom is -0.497 e. The Kier molecular flexibility index (Phi) is 6.58. The minimum absolute atomic E-state index is 0.215. The monoisotopic (exact) mass is 389 g/mol. The molecule has 0 bridgehead atoms. The van der Waals surface area contributed by atoms with Crippen molar-refractivity contribution in [2.24, 2.45) is 0 Å². The molecule has 0 aliphatic rings. The number of carbonyl (C=O) groups is 2. The summed E-state index contributed by atoms with van der Waals surface area (Å²) in [4.78, 5) is 30.9. The highest BCUT2D eigenvalue weighted by Crippen LogP contribution is 2.14. The van der Waals surface area contributed by atoms with Gasteiger partial charge in [0.2, 0.25) is 0 Å². The number of aromatic nitrogens is 1. The molecule has 1 aromatic heterocycles. The first-order valence-corrected chi connectivity index (χ1v) is 9.30. The third kappa shape index (κ3) is 5.19. The van der Waals surface area contributed by atoms with E-state index in [4.69, 9.17) is 4.74 Å². The van der Waals surface area contributed by atoms with E-state index in [0.29, 0.717) is 13.0 Å². The van der Waals surface area contributed by atoms with Crippen LogP contribution in [0.4, 0.5) is 5.69 Å². The van der Waals surface area contributed by atoms with Gasteiger partial charge in [-0.3, -0.25) is 9.59 Å². The average Bonchev–Trinajstić information content (AvgIpc) is 2.79. The number of carbonyl (C=O) groups excluding carboxylic acids is 2. The van der Waals surface area contributed by atoms with Crippen LogP contribution in [-0.4, -0.2) is 37.5 Å². The summed E-state index contributed by atoms with van der Waals surface area (Å²) in [6.45, 7) is 0.467. The lowest BCUT2D eigenvalue weighted by atomic mass is 10.1. The first kappa shape index (κ1) is 20.1. The van der Waals surface area contributed by atoms with Crippen molar-refractivity contribution in [2.75, 3.05) is 25.6 Å². The molecular weight excluding hydrogens is 366 g/mol. The van der Waals surface area contributed by atoms with Gasteiger partial charge < -0.3 is 15.0 Å². The maximum Gasteiger partial charge on any atom is 0.276 e. The molecule has 3 rings (SSSR count). The molecule has 0 aliphatic carbocycles. The Balaban J connectivity index is 1.60. The predicted molar refractivity (Wildman–Crippen MR) is 112 cm³/mol. The van der Waals surface area contributed by atoms with Crippen LogP contribution in [0.15, 0.2) is 72.8 Å². The molecule has 2 aromatic carbocycles. The molecule has 148 valence electrons. The van der Waals surface area contributed by atoms with Crippen molar-refractivity contribution >= 4 is 17.5 Å². The first-order chi connectivity index (χ1) is 14.1. The molecule has 0 aliphatic heterocycles. The lowest BCUT2D eigenvalue weighted by molar-refractivity contribution is 0.0948. The second-order valence-electron chi connectivity index (χ2n) is 6.46.